The van der Waals surface area contributed by atoms with Crippen LogP contribution >= 0.6 is 15.9 Å². The van der Waals surface area contributed by atoms with Crippen LogP contribution in [0.5, 0.6) is 11.5 Å². The van der Waals surface area contributed by atoms with E-state index in [0.717, 1.165) is 16.3 Å². The number of halogens is 1. The van der Waals surface area contributed by atoms with E-state index in [1.807, 2.05) is 13.8 Å². The summed E-state index contributed by atoms with van der Waals surface area (Å²) in [6.07, 6.45) is 1.41. The van der Waals surface area contributed by atoms with Crippen LogP contribution in [0, 0.1) is 0 Å². The van der Waals surface area contributed by atoms with E-state index < -0.39 is 0 Å². The van der Waals surface area contributed by atoms with Gasteiger partial charge in [0, 0.05) is 15.6 Å². The summed E-state index contributed by atoms with van der Waals surface area (Å²) >= 11 is 3.47. The van der Waals surface area contributed by atoms with E-state index in [2.05, 4.69) is 15.9 Å². The Kier molecular flexibility index (Phi) is 3.64. The number of carbonyl (C=O) groups is 1. The summed E-state index contributed by atoms with van der Waals surface area (Å²) in [5, 5.41) is 0. The van der Waals surface area contributed by atoms with Crippen molar-refractivity contribution in [3.05, 3.63) is 21.7 Å². The quantitative estimate of drug-likeness (QED) is 0.870. The first kappa shape index (κ1) is 13.4. The van der Waals surface area contributed by atoms with Crippen LogP contribution in [0.25, 0.3) is 0 Å². The summed E-state index contributed by atoms with van der Waals surface area (Å²) in [4.78, 5) is 11.0. The maximum absolute atomic E-state index is 11.0. The molecule has 0 spiro atoms. The number of carbonyl (C=O) groups excluding carboxylic acids is 1. The molecule has 0 unspecified atom stereocenters. The van der Waals surface area contributed by atoms with E-state index in [0.29, 0.717) is 36.7 Å². The highest BCUT2D eigenvalue weighted by Crippen LogP contribution is 2.42. The highest BCUT2D eigenvalue weighted by molar-refractivity contribution is 9.10. The van der Waals surface area contributed by atoms with Crippen molar-refractivity contribution < 1.29 is 14.3 Å². The molecule has 0 aromatic heterocycles. The van der Waals surface area contributed by atoms with Gasteiger partial charge in [-0.3, -0.25) is 4.79 Å². The summed E-state index contributed by atoms with van der Waals surface area (Å²) in [5.74, 6) is 1.16. The van der Waals surface area contributed by atoms with Gasteiger partial charge in [-0.2, -0.15) is 0 Å². The fourth-order valence-corrected chi connectivity index (χ4v) is 2.53. The van der Waals surface area contributed by atoms with Gasteiger partial charge in [0.1, 0.15) is 13.2 Å². The van der Waals surface area contributed by atoms with Crippen molar-refractivity contribution in [3.63, 3.8) is 0 Å². The molecule has 1 heterocycles. The lowest BCUT2D eigenvalue weighted by Gasteiger charge is -2.26. The molecule has 2 N–H and O–H groups in total. The Hall–Kier alpha value is -1.07. The maximum Gasteiger partial charge on any atom is 0.172 e. The molecule has 0 saturated carbocycles. The number of hydrogen-bond acceptors (Lipinski definition) is 4. The highest BCUT2D eigenvalue weighted by atomic mass is 79.9. The van der Waals surface area contributed by atoms with Gasteiger partial charge in [-0.1, -0.05) is 15.9 Å². The van der Waals surface area contributed by atoms with Crippen molar-refractivity contribution >= 4 is 22.2 Å². The Bertz CT molecular complexity index is 480. The van der Waals surface area contributed by atoms with E-state index in [1.54, 1.807) is 6.07 Å². The first-order valence-corrected chi connectivity index (χ1v) is 6.57. The molecule has 0 amide bonds. The fourth-order valence-electron chi connectivity index (χ4n) is 1.96. The lowest BCUT2D eigenvalue weighted by atomic mass is 9.94. The number of hydrogen-bond donors (Lipinski definition) is 1. The number of nitrogens with two attached hydrogens (primary N) is 1. The monoisotopic (exact) mass is 313 g/mol. The second-order valence-electron chi connectivity index (χ2n) is 5.06. The molecular weight excluding hydrogens is 298 g/mol. The molecule has 0 radical (unpaired) electrons. The number of rotatable bonds is 3. The first-order chi connectivity index (χ1) is 8.42. The van der Waals surface area contributed by atoms with Crippen LogP contribution in [-0.2, 0) is 6.42 Å². The highest BCUT2D eigenvalue weighted by Gasteiger charge is 2.25. The molecule has 0 fully saturated rings. The van der Waals surface area contributed by atoms with E-state index in [9.17, 15) is 4.79 Å². The number of aldehydes is 1. The average Bonchev–Trinajstić information content (AvgIpc) is 2.31. The fraction of sp³-hybridized carbons (Fsp3) is 0.462. The average molecular weight is 314 g/mol. The molecule has 5 heteroatoms. The second-order valence-corrected chi connectivity index (χ2v) is 5.92. The van der Waals surface area contributed by atoms with Gasteiger partial charge in [0.05, 0.1) is 5.56 Å². The van der Waals surface area contributed by atoms with Crippen LogP contribution in [0.4, 0.5) is 0 Å². The van der Waals surface area contributed by atoms with Gasteiger partial charge in [-0.15, -0.1) is 0 Å². The minimum Gasteiger partial charge on any atom is -0.486 e. The smallest absolute Gasteiger partial charge is 0.172 e. The van der Waals surface area contributed by atoms with Gasteiger partial charge < -0.3 is 15.2 Å². The predicted octanol–water partition coefficient (Wildman–Crippen LogP) is 2.31. The Balaban J connectivity index is 2.55. The van der Waals surface area contributed by atoms with E-state index >= 15 is 0 Å². The molecule has 1 aromatic rings. The first-order valence-electron chi connectivity index (χ1n) is 5.77. The molecule has 98 valence electrons. The number of fused-ring (bicyclic) bond motifs is 1. The number of benzene rings is 1. The molecule has 18 heavy (non-hydrogen) atoms. The van der Waals surface area contributed by atoms with Crippen LogP contribution in [-0.4, -0.2) is 25.0 Å². The summed E-state index contributed by atoms with van der Waals surface area (Å²) in [7, 11) is 0. The topological polar surface area (TPSA) is 61.6 Å². The van der Waals surface area contributed by atoms with Gasteiger partial charge in [-0.05, 0) is 26.3 Å². The van der Waals surface area contributed by atoms with Gasteiger partial charge in [0.15, 0.2) is 17.8 Å². The summed E-state index contributed by atoms with van der Waals surface area (Å²) in [6.45, 7) is 4.84. The lowest BCUT2D eigenvalue weighted by Crippen LogP contribution is -2.35. The summed E-state index contributed by atoms with van der Waals surface area (Å²) < 4.78 is 12.0. The third-order valence-corrected chi connectivity index (χ3v) is 3.36. The molecule has 0 bridgehead atoms. The van der Waals surface area contributed by atoms with Crippen molar-refractivity contribution in [1.29, 1.82) is 0 Å². The zero-order valence-electron chi connectivity index (χ0n) is 10.5. The van der Waals surface area contributed by atoms with Crippen molar-refractivity contribution in [1.82, 2.24) is 0 Å². The van der Waals surface area contributed by atoms with Crippen LogP contribution in [0.1, 0.15) is 29.8 Å². The predicted molar refractivity (Wildman–Crippen MR) is 72.5 cm³/mol. The van der Waals surface area contributed by atoms with Crippen LogP contribution in [0.3, 0.4) is 0 Å². The minimum absolute atomic E-state index is 0.361. The Morgan fingerprint density at radius 2 is 2.00 bits per heavy atom. The van der Waals surface area contributed by atoms with E-state index in [-0.39, 0.29) is 5.54 Å². The van der Waals surface area contributed by atoms with E-state index in [1.165, 1.54) is 0 Å². The normalized spacial score (nSPS) is 14.4. The molecule has 0 atom stereocenters. The minimum atomic E-state index is -0.361. The Morgan fingerprint density at radius 3 is 2.56 bits per heavy atom. The second kappa shape index (κ2) is 4.90. The number of ether oxygens (including phenoxy) is 2. The van der Waals surface area contributed by atoms with Gasteiger partial charge in [-0.25, -0.2) is 0 Å². The Labute approximate surface area is 115 Å². The Morgan fingerprint density at radius 1 is 1.39 bits per heavy atom. The molecular formula is C13H16BrNO3. The third-order valence-electron chi connectivity index (χ3n) is 2.65. The molecule has 1 aliphatic heterocycles. The van der Waals surface area contributed by atoms with Crippen molar-refractivity contribution in [2.24, 2.45) is 5.73 Å². The van der Waals surface area contributed by atoms with Gasteiger partial charge in [0.2, 0.25) is 0 Å². The maximum atomic E-state index is 11.0. The summed E-state index contributed by atoms with van der Waals surface area (Å²) in [6, 6.07) is 1.75. The van der Waals surface area contributed by atoms with Gasteiger partial charge >= 0.3 is 0 Å². The third kappa shape index (κ3) is 2.67. The zero-order chi connectivity index (χ0) is 13.3. The van der Waals surface area contributed by atoms with Crippen LogP contribution in [0.2, 0.25) is 0 Å². The standard InChI is InChI=1S/C13H16BrNO3/c1-13(2,15)6-9-10(14)5-8(7-16)11-12(9)18-4-3-17-11/h5,7H,3-4,6,15H2,1-2H3. The van der Waals surface area contributed by atoms with Crippen LogP contribution < -0.4 is 15.2 Å². The van der Waals surface area contributed by atoms with Crippen molar-refractivity contribution in [2.75, 3.05) is 13.2 Å². The lowest BCUT2D eigenvalue weighted by molar-refractivity contribution is 0.111. The molecule has 4 nitrogen and oxygen atoms in total. The molecule has 1 aromatic carbocycles. The molecule has 0 aliphatic carbocycles. The SMILES string of the molecule is CC(C)(N)Cc1c(Br)cc(C=O)c2c1OCCO2. The summed E-state index contributed by atoms with van der Waals surface area (Å²) in [5.41, 5.74) is 7.13. The van der Waals surface area contributed by atoms with E-state index in [4.69, 9.17) is 15.2 Å². The molecule has 1 aliphatic rings. The van der Waals surface area contributed by atoms with Crippen molar-refractivity contribution in [2.45, 2.75) is 25.8 Å². The largest absolute Gasteiger partial charge is 0.486 e. The van der Waals surface area contributed by atoms with Crippen LogP contribution in [0.15, 0.2) is 10.5 Å². The molecule has 0 saturated heterocycles. The molecule has 2 rings (SSSR count). The van der Waals surface area contributed by atoms with Gasteiger partial charge in [0.25, 0.3) is 0 Å². The van der Waals surface area contributed by atoms with Crippen molar-refractivity contribution in [3.8, 4) is 11.5 Å². The zero-order valence-corrected chi connectivity index (χ0v) is 12.0.